The molecular weight excluding hydrogens is 558 g/mol. The molecule has 44 heavy (non-hydrogen) atoms. The lowest BCUT2D eigenvalue weighted by Gasteiger charge is -2.44. The fraction of sp³-hybridized carbons (Fsp3) is 0.394. The molecule has 2 aliphatic heterocycles. The SMILES string of the molecule is COc1ccc2nc(C)n(CC(=O)N3CCN(C4CCOCC4)C[C@H]3c3ncc(-c4cc5ccccc5nc4OC)[nH]3)c2c1. The van der Waals surface area contributed by atoms with E-state index in [0.717, 1.165) is 83.2 Å². The molecule has 2 fully saturated rings. The standard InChI is InChI=1S/C33H37N7O4/c1-21-35-27-9-8-24(42-2)17-29(27)40(21)20-31(41)39-13-12-38(23-10-14-44-15-11-23)19-30(39)32-34-18-28(36-32)25-16-22-6-4-5-7-26(22)37-33(25)43-3/h4-9,16-18,23,30H,10-15,19-20H2,1-3H3,(H,34,36)/t30-/m0/s1. The number of amides is 1. The zero-order valence-electron chi connectivity index (χ0n) is 25.3. The highest BCUT2D eigenvalue weighted by atomic mass is 16.5. The Morgan fingerprint density at radius 1 is 1.02 bits per heavy atom. The first-order valence-corrected chi connectivity index (χ1v) is 15.1. The molecule has 2 aromatic carbocycles. The van der Waals surface area contributed by atoms with Crippen molar-refractivity contribution in [1.82, 2.24) is 34.3 Å². The van der Waals surface area contributed by atoms with Crippen LogP contribution in [-0.2, 0) is 16.1 Å². The number of benzene rings is 2. The minimum atomic E-state index is -0.253. The molecule has 5 aromatic rings. The summed E-state index contributed by atoms with van der Waals surface area (Å²) in [7, 11) is 3.27. The van der Waals surface area contributed by atoms with E-state index in [9.17, 15) is 4.79 Å². The van der Waals surface area contributed by atoms with Gasteiger partial charge in [-0.3, -0.25) is 9.69 Å². The molecule has 5 heterocycles. The normalized spacial score (nSPS) is 18.2. The zero-order chi connectivity index (χ0) is 30.2. The van der Waals surface area contributed by atoms with Crippen LogP contribution in [0.25, 0.3) is 33.2 Å². The predicted molar refractivity (Wildman–Crippen MR) is 167 cm³/mol. The highest BCUT2D eigenvalue weighted by Gasteiger charge is 2.37. The monoisotopic (exact) mass is 595 g/mol. The van der Waals surface area contributed by atoms with E-state index in [-0.39, 0.29) is 18.5 Å². The third-order valence-electron chi connectivity index (χ3n) is 8.96. The molecule has 1 amide bonds. The summed E-state index contributed by atoms with van der Waals surface area (Å²) < 4.78 is 18.7. The number of aromatic amines is 1. The van der Waals surface area contributed by atoms with Gasteiger partial charge in [0.15, 0.2) is 0 Å². The van der Waals surface area contributed by atoms with Crippen molar-refractivity contribution in [3.05, 3.63) is 66.4 Å². The molecule has 1 N–H and O–H groups in total. The van der Waals surface area contributed by atoms with Crippen LogP contribution in [-0.4, -0.2) is 93.3 Å². The van der Waals surface area contributed by atoms with E-state index in [4.69, 9.17) is 29.2 Å². The van der Waals surface area contributed by atoms with Gasteiger partial charge in [0.2, 0.25) is 11.8 Å². The number of fused-ring (bicyclic) bond motifs is 2. The Kier molecular flexibility index (Phi) is 7.65. The van der Waals surface area contributed by atoms with Gasteiger partial charge < -0.3 is 28.7 Å². The number of rotatable bonds is 7. The lowest BCUT2D eigenvalue weighted by atomic mass is 10.0. The number of nitrogens with one attached hydrogen (secondary N) is 1. The number of pyridine rings is 1. The van der Waals surface area contributed by atoms with Crippen molar-refractivity contribution in [2.75, 3.05) is 47.1 Å². The summed E-state index contributed by atoms with van der Waals surface area (Å²) in [6.07, 6.45) is 3.80. The van der Waals surface area contributed by atoms with Gasteiger partial charge in [-0.05, 0) is 44.0 Å². The Morgan fingerprint density at radius 2 is 1.86 bits per heavy atom. The number of piperazine rings is 1. The summed E-state index contributed by atoms with van der Waals surface area (Å²) in [5.41, 5.74) is 4.21. The fourth-order valence-electron chi connectivity index (χ4n) is 6.58. The van der Waals surface area contributed by atoms with Crippen LogP contribution in [0.4, 0.5) is 0 Å². The van der Waals surface area contributed by atoms with Crippen molar-refractivity contribution in [2.45, 2.75) is 38.4 Å². The number of ether oxygens (including phenoxy) is 3. The van der Waals surface area contributed by atoms with Crippen molar-refractivity contribution < 1.29 is 19.0 Å². The Hall–Kier alpha value is -4.48. The summed E-state index contributed by atoms with van der Waals surface area (Å²) in [5.74, 6) is 2.81. The van der Waals surface area contributed by atoms with Crippen LogP contribution >= 0.6 is 0 Å². The minimum absolute atomic E-state index is 0.0229. The van der Waals surface area contributed by atoms with Gasteiger partial charge in [-0.15, -0.1) is 0 Å². The van der Waals surface area contributed by atoms with Crippen LogP contribution in [0.3, 0.4) is 0 Å². The predicted octanol–water partition coefficient (Wildman–Crippen LogP) is 4.36. The molecule has 7 rings (SSSR count). The van der Waals surface area contributed by atoms with E-state index in [2.05, 4.69) is 16.0 Å². The first-order valence-electron chi connectivity index (χ1n) is 15.1. The second kappa shape index (κ2) is 11.9. The van der Waals surface area contributed by atoms with Gasteiger partial charge in [-0.2, -0.15) is 0 Å². The van der Waals surface area contributed by atoms with Crippen molar-refractivity contribution in [2.24, 2.45) is 0 Å². The van der Waals surface area contributed by atoms with Crippen LogP contribution in [0, 0.1) is 6.92 Å². The molecule has 0 spiro atoms. The minimum Gasteiger partial charge on any atom is -0.497 e. The number of nitrogens with zero attached hydrogens (tertiary/aromatic N) is 6. The van der Waals surface area contributed by atoms with Gasteiger partial charge >= 0.3 is 0 Å². The molecule has 0 aliphatic carbocycles. The topological polar surface area (TPSA) is 111 Å². The van der Waals surface area contributed by atoms with Crippen LogP contribution < -0.4 is 9.47 Å². The Bertz CT molecular complexity index is 1810. The van der Waals surface area contributed by atoms with Crippen molar-refractivity contribution in [1.29, 1.82) is 0 Å². The number of carbonyl (C=O) groups is 1. The smallest absolute Gasteiger partial charge is 0.243 e. The van der Waals surface area contributed by atoms with Crippen molar-refractivity contribution >= 4 is 27.8 Å². The van der Waals surface area contributed by atoms with Crippen LogP contribution in [0.5, 0.6) is 11.6 Å². The van der Waals surface area contributed by atoms with Gasteiger partial charge in [0, 0.05) is 50.3 Å². The lowest BCUT2D eigenvalue weighted by Crippen LogP contribution is -2.55. The molecule has 2 aliphatic rings. The van der Waals surface area contributed by atoms with Gasteiger partial charge in [0.25, 0.3) is 0 Å². The Morgan fingerprint density at radius 3 is 2.68 bits per heavy atom. The number of carbonyl (C=O) groups excluding carboxylic acids is 1. The number of imidazole rings is 2. The fourth-order valence-corrected chi connectivity index (χ4v) is 6.58. The van der Waals surface area contributed by atoms with Crippen LogP contribution in [0.15, 0.2) is 54.7 Å². The number of aromatic nitrogens is 5. The van der Waals surface area contributed by atoms with E-state index in [1.54, 1.807) is 14.2 Å². The number of hydrogen-bond donors (Lipinski definition) is 1. The molecule has 3 aromatic heterocycles. The molecule has 2 saturated heterocycles. The van der Waals surface area contributed by atoms with Gasteiger partial charge in [-0.1, -0.05) is 18.2 Å². The molecule has 11 heteroatoms. The first kappa shape index (κ1) is 28.3. The quantitative estimate of drug-likeness (QED) is 0.296. The maximum absolute atomic E-state index is 14.1. The van der Waals surface area contributed by atoms with Crippen molar-refractivity contribution in [3.63, 3.8) is 0 Å². The van der Waals surface area contributed by atoms with Gasteiger partial charge in [0.1, 0.15) is 30.0 Å². The summed E-state index contributed by atoms with van der Waals surface area (Å²) in [6.45, 7) is 5.75. The summed E-state index contributed by atoms with van der Waals surface area (Å²) in [5, 5.41) is 1.01. The number of H-pyrrole nitrogens is 1. The molecule has 0 saturated carbocycles. The zero-order valence-corrected chi connectivity index (χ0v) is 25.3. The van der Waals surface area contributed by atoms with Crippen LogP contribution in [0.1, 0.15) is 30.5 Å². The molecule has 0 bridgehead atoms. The second-order valence-corrected chi connectivity index (χ2v) is 11.5. The highest BCUT2D eigenvalue weighted by molar-refractivity contribution is 5.85. The lowest BCUT2D eigenvalue weighted by molar-refractivity contribution is -0.138. The molecule has 1 atom stereocenters. The van der Waals surface area contributed by atoms with Crippen molar-refractivity contribution in [3.8, 4) is 22.9 Å². The first-order chi connectivity index (χ1) is 21.5. The Balaban J connectivity index is 1.22. The molecule has 228 valence electrons. The van der Waals surface area contributed by atoms with E-state index in [0.29, 0.717) is 25.0 Å². The summed E-state index contributed by atoms with van der Waals surface area (Å²) >= 11 is 0. The average molecular weight is 596 g/mol. The third-order valence-corrected chi connectivity index (χ3v) is 8.96. The molecule has 0 radical (unpaired) electrons. The van der Waals surface area contributed by atoms with Gasteiger partial charge in [0.05, 0.1) is 48.2 Å². The third kappa shape index (κ3) is 5.26. The van der Waals surface area contributed by atoms with E-state index in [1.807, 2.05) is 65.1 Å². The summed E-state index contributed by atoms with van der Waals surface area (Å²) in [6, 6.07) is 16.0. The Labute approximate surface area is 255 Å². The average Bonchev–Trinajstić information content (AvgIpc) is 3.68. The number of aryl methyl sites for hydroxylation is 1. The van der Waals surface area contributed by atoms with Crippen LogP contribution in [0.2, 0.25) is 0 Å². The largest absolute Gasteiger partial charge is 0.497 e. The van der Waals surface area contributed by atoms with E-state index < -0.39 is 0 Å². The maximum Gasteiger partial charge on any atom is 0.243 e. The second-order valence-electron chi connectivity index (χ2n) is 11.5. The highest BCUT2D eigenvalue weighted by Crippen LogP contribution is 2.34. The number of methoxy groups -OCH3 is 2. The molecule has 0 unspecified atom stereocenters. The van der Waals surface area contributed by atoms with Gasteiger partial charge in [-0.25, -0.2) is 15.0 Å². The summed E-state index contributed by atoms with van der Waals surface area (Å²) in [4.78, 5) is 36.4. The van der Waals surface area contributed by atoms with E-state index in [1.165, 1.54) is 0 Å². The number of para-hydroxylation sites is 1. The maximum atomic E-state index is 14.1. The number of hydrogen-bond acceptors (Lipinski definition) is 8. The molecule has 11 nitrogen and oxygen atoms in total. The van der Waals surface area contributed by atoms with E-state index >= 15 is 0 Å². The molecular formula is C33H37N7O4.